The molecular formula is C13H11N2O4S-. The second kappa shape index (κ2) is 5.16. The molecule has 1 fully saturated rings. The van der Waals surface area contributed by atoms with Crippen molar-refractivity contribution in [3.63, 3.8) is 0 Å². The third-order valence-corrected chi connectivity index (χ3v) is 4.22. The van der Waals surface area contributed by atoms with Crippen molar-refractivity contribution in [2.45, 2.75) is 18.9 Å². The van der Waals surface area contributed by atoms with E-state index in [1.165, 1.54) is 18.0 Å². The number of carboxylic acid groups (broad SMARTS) is 1. The summed E-state index contributed by atoms with van der Waals surface area (Å²) in [6, 6.07) is 2.76. The Morgan fingerprint density at radius 1 is 1.60 bits per heavy atom. The quantitative estimate of drug-likeness (QED) is 0.736. The molecular weight excluding hydrogens is 280 g/mol. The molecule has 0 N–H and O–H groups in total. The van der Waals surface area contributed by atoms with Gasteiger partial charge in [-0.05, 0) is 36.7 Å². The minimum atomic E-state index is -1.12. The number of rotatable bonds is 2. The topological polar surface area (TPSA) is 85.9 Å². The average Bonchev–Trinajstić information content (AvgIpc) is 3.11. The van der Waals surface area contributed by atoms with Gasteiger partial charge < -0.3 is 19.2 Å². The van der Waals surface area contributed by atoms with Gasteiger partial charge in [-0.3, -0.25) is 4.79 Å². The van der Waals surface area contributed by atoms with Crippen molar-refractivity contribution in [2.75, 3.05) is 6.54 Å². The van der Waals surface area contributed by atoms with Gasteiger partial charge >= 0.3 is 0 Å². The van der Waals surface area contributed by atoms with Crippen LogP contribution >= 0.6 is 11.8 Å². The number of aliphatic carboxylic acids is 1. The maximum atomic E-state index is 11.8. The second-order valence-electron chi connectivity index (χ2n) is 4.50. The molecule has 2 aliphatic heterocycles. The zero-order chi connectivity index (χ0) is 14.1. The van der Waals surface area contributed by atoms with Crippen molar-refractivity contribution in [3.8, 4) is 0 Å². The van der Waals surface area contributed by atoms with Gasteiger partial charge in [0.15, 0.2) is 5.17 Å². The van der Waals surface area contributed by atoms with Crippen LogP contribution in [0.5, 0.6) is 0 Å². The smallest absolute Gasteiger partial charge is 0.286 e. The van der Waals surface area contributed by atoms with Crippen LogP contribution in [-0.4, -0.2) is 34.5 Å². The Bertz CT molecular complexity index is 606. The first kappa shape index (κ1) is 13.0. The summed E-state index contributed by atoms with van der Waals surface area (Å²) in [4.78, 5) is 28.9. The van der Waals surface area contributed by atoms with Gasteiger partial charge in [-0.25, -0.2) is 0 Å². The van der Waals surface area contributed by atoms with Gasteiger partial charge in [0.05, 0.1) is 23.2 Å². The van der Waals surface area contributed by atoms with Gasteiger partial charge in [-0.1, -0.05) is 0 Å². The maximum Gasteiger partial charge on any atom is 0.286 e. The number of hydrogen-bond donors (Lipinski definition) is 0. The van der Waals surface area contributed by atoms with Crippen LogP contribution in [0.3, 0.4) is 0 Å². The molecule has 0 bridgehead atoms. The van der Waals surface area contributed by atoms with Crippen LogP contribution in [0.1, 0.15) is 18.6 Å². The Hall–Kier alpha value is -2.02. The van der Waals surface area contributed by atoms with Crippen LogP contribution in [0.2, 0.25) is 0 Å². The number of likely N-dealkylation sites (tertiary alicyclic amines) is 1. The Balaban J connectivity index is 1.79. The monoisotopic (exact) mass is 291 g/mol. The van der Waals surface area contributed by atoms with E-state index in [0.29, 0.717) is 28.8 Å². The van der Waals surface area contributed by atoms with Crippen LogP contribution in [0.4, 0.5) is 0 Å². The fraction of sp³-hybridized carbons (Fsp3) is 0.308. The number of furan rings is 1. The molecule has 0 radical (unpaired) electrons. The normalized spacial score (nSPS) is 24.5. The zero-order valence-corrected chi connectivity index (χ0v) is 11.3. The highest BCUT2D eigenvalue weighted by Gasteiger charge is 2.33. The van der Waals surface area contributed by atoms with E-state index in [1.807, 2.05) is 0 Å². The van der Waals surface area contributed by atoms with Crippen molar-refractivity contribution >= 4 is 34.9 Å². The highest BCUT2D eigenvalue weighted by molar-refractivity contribution is 8.18. The lowest BCUT2D eigenvalue weighted by atomic mass is 10.2. The highest BCUT2D eigenvalue weighted by atomic mass is 32.2. The van der Waals surface area contributed by atoms with Crippen molar-refractivity contribution in [1.29, 1.82) is 0 Å². The van der Waals surface area contributed by atoms with Gasteiger partial charge in [-0.2, -0.15) is 4.99 Å². The fourth-order valence-corrected chi connectivity index (χ4v) is 3.23. The van der Waals surface area contributed by atoms with Crippen molar-refractivity contribution in [1.82, 2.24) is 4.90 Å². The SMILES string of the molecule is O=C1N=C(N2CCC[C@@H]2C(=O)[O-])S/C1=C\c1ccco1. The average molecular weight is 291 g/mol. The first-order valence-electron chi connectivity index (χ1n) is 6.19. The standard InChI is InChI=1S/C13H12N2O4S/c16-11-10(7-8-3-2-6-19-8)20-13(14-11)15-5-1-4-9(15)12(17)18/h2-3,6-7,9H,1,4-5H2,(H,17,18)/p-1/b10-7-/t9-/m1/s1. The third-order valence-electron chi connectivity index (χ3n) is 3.20. The van der Waals surface area contributed by atoms with Gasteiger partial charge in [0, 0.05) is 12.6 Å². The molecule has 0 saturated carbocycles. The van der Waals surface area contributed by atoms with E-state index < -0.39 is 12.0 Å². The molecule has 0 unspecified atom stereocenters. The lowest BCUT2D eigenvalue weighted by Crippen LogP contribution is -2.45. The first-order valence-corrected chi connectivity index (χ1v) is 7.00. The van der Waals surface area contributed by atoms with E-state index in [4.69, 9.17) is 4.42 Å². The van der Waals surface area contributed by atoms with Crippen molar-refractivity contribution in [2.24, 2.45) is 4.99 Å². The Kier molecular flexibility index (Phi) is 3.35. The molecule has 6 nitrogen and oxygen atoms in total. The van der Waals surface area contributed by atoms with Crippen LogP contribution in [-0.2, 0) is 9.59 Å². The molecule has 1 saturated heterocycles. The predicted molar refractivity (Wildman–Crippen MR) is 71.5 cm³/mol. The summed E-state index contributed by atoms with van der Waals surface area (Å²) in [7, 11) is 0. The maximum absolute atomic E-state index is 11.8. The number of amidine groups is 1. The molecule has 0 spiro atoms. The Morgan fingerprint density at radius 3 is 3.15 bits per heavy atom. The molecule has 7 heteroatoms. The van der Waals surface area contributed by atoms with Gasteiger partial charge in [0.2, 0.25) is 0 Å². The van der Waals surface area contributed by atoms with E-state index in [9.17, 15) is 14.7 Å². The van der Waals surface area contributed by atoms with Crippen LogP contribution in [0, 0.1) is 0 Å². The van der Waals surface area contributed by atoms with Crippen LogP contribution in [0.15, 0.2) is 32.7 Å². The molecule has 1 aromatic rings. The minimum Gasteiger partial charge on any atom is -0.548 e. The number of carbonyl (C=O) groups is 2. The van der Waals surface area contributed by atoms with Crippen molar-refractivity contribution < 1.29 is 19.1 Å². The molecule has 0 aromatic carbocycles. The van der Waals surface area contributed by atoms with Gasteiger partial charge in [0.25, 0.3) is 5.91 Å². The summed E-state index contributed by atoms with van der Waals surface area (Å²) in [5.74, 6) is -0.928. The van der Waals surface area contributed by atoms with Crippen molar-refractivity contribution in [3.05, 3.63) is 29.1 Å². The largest absolute Gasteiger partial charge is 0.548 e. The van der Waals surface area contributed by atoms with E-state index in [1.54, 1.807) is 23.1 Å². The second-order valence-corrected chi connectivity index (χ2v) is 5.51. The molecule has 104 valence electrons. The number of aliphatic imine (C=N–C) groups is 1. The van der Waals surface area contributed by atoms with Gasteiger partial charge in [-0.15, -0.1) is 0 Å². The number of carboxylic acids is 1. The van der Waals surface area contributed by atoms with Crippen LogP contribution in [0.25, 0.3) is 6.08 Å². The molecule has 1 amide bonds. The Morgan fingerprint density at radius 2 is 2.45 bits per heavy atom. The number of nitrogens with zero attached hydrogens (tertiary/aromatic N) is 2. The van der Waals surface area contributed by atoms with Crippen LogP contribution < -0.4 is 5.11 Å². The van der Waals surface area contributed by atoms with E-state index in [2.05, 4.69) is 4.99 Å². The molecule has 0 aliphatic carbocycles. The summed E-state index contributed by atoms with van der Waals surface area (Å²) in [5, 5.41) is 11.5. The zero-order valence-electron chi connectivity index (χ0n) is 10.4. The summed E-state index contributed by atoms with van der Waals surface area (Å²) >= 11 is 1.17. The summed E-state index contributed by atoms with van der Waals surface area (Å²) in [5.41, 5.74) is 0. The molecule has 2 aliphatic rings. The highest BCUT2D eigenvalue weighted by Crippen LogP contribution is 2.33. The summed E-state index contributed by atoms with van der Waals surface area (Å²) in [6.07, 6.45) is 4.40. The summed E-state index contributed by atoms with van der Waals surface area (Å²) < 4.78 is 5.15. The first-order chi connectivity index (χ1) is 9.65. The number of carbonyl (C=O) groups excluding carboxylic acids is 2. The third kappa shape index (κ3) is 2.36. The lowest BCUT2D eigenvalue weighted by Gasteiger charge is -2.25. The molecule has 20 heavy (non-hydrogen) atoms. The van der Waals surface area contributed by atoms with E-state index in [-0.39, 0.29) is 5.91 Å². The lowest BCUT2D eigenvalue weighted by molar-refractivity contribution is -0.309. The predicted octanol–water partition coefficient (Wildman–Crippen LogP) is 0.464. The molecule has 1 aromatic heterocycles. The van der Waals surface area contributed by atoms with E-state index in [0.717, 1.165) is 6.42 Å². The number of thioether (sulfide) groups is 1. The summed E-state index contributed by atoms with van der Waals surface area (Å²) in [6.45, 7) is 0.575. The van der Waals surface area contributed by atoms with Gasteiger partial charge in [0.1, 0.15) is 5.76 Å². The molecule has 1 atom stereocenters. The molecule has 3 heterocycles. The minimum absolute atomic E-state index is 0.370. The fourth-order valence-electron chi connectivity index (χ4n) is 2.26. The number of hydrogen-bond acceptors (Lipinski definition) is 6. The Labute approximate surface area is 119 Å². The number of amides is 1. The van der Waals surface area contributed by atoms with E-state index >= 15 is 0 Å². The molecule has 3 rings (SSSR count).